The number of hydrogen-bond donors (Lipinski definition) is 2. The first kappa shape index (κ1) is 31.1. The van der Waals surface area contributed by atoms with E-state index < -0.39 is 11.9 Å². The molecule has 0 bridgehead atoms. The first-order valence-electron chi connectivity index (χ1n) is 13.5. The Balaban J connectivity index is 0.000000547. The fraction of sp³-hybridized carbons (Fsp3) is 0.387. The SMILES string of the molecule is CCn1c(-c2ccc(CNC(=O)CC(OC(C)(C)O)C(=O)N3CCCC3)cc2)cccc1=O.Clc1ccccc1. The summed E-state index contributed by atoms with van der Waals surface area (Å²) in [6.07, 6.45) is 0.667. The van der Waals surface area contributed by atoms with E-state index >= 15 is 0 Å². The normalized spacial score (nSPS) is 13.8. The molecule has 9 heteroatoms. The largest absolute Gasteiger partial charge is 0.366 e. The van der Waals surface area contributed by atoms with Gasteiger partial charge in [0.05, 0.1) is 12.1 Å². The minimum Gasteiger partial charge on any atom is -0.366 e. The number of nitrogens with one attached hydrogen (secondary N) is 1. The zero-order valence-electron chi connectivity index (χ0n) is 23.3. The minimum atomic E-state index is -1.52. The van der Waals surface area contributed by atoms with Crippen LogP contribution in [0, 0.1) is 0 Å². The van der Waals surface area contributed by atoms with Crippen molar-refractivity contribution in [2.75, 3.05) is 13.1 Å². The average Bonchev–Trinajstić information content (AvgIpc) is 3.46. The van der Waals surface area contributed by atoms with Crippen molar-refractivity contribution >= 4 is 23.4 Å². The lowest BCUT2D eigenvalue weighted by Crippen LogP contribution is -2.45. The Kier molecular flexibility index (Phi) is 11.5. The van der Waals surface area contributed by atoms with Gasteiger partial charge in [-0.1, -0.05) is 60.1 Å². The van der Waals surface area contributed by atoms with E-state index in [1.165, 1.54) is 13.8 Å². The van der Waals surface area contributed by atoms with E-state index in [-0.39, 0.29) is 23.8 Å². The molecule has 8 nitrogen and oxygen atoms in total. The van der Waals surface area contributed by atoms with Crippen LogP contribution in [0.5, 0.6) is 0 Å². The molecule has 0 aliphatic carbocycles. The lowest BCUT2D eigenvalue weighted by Gasteiger charge is -2.28. The van der Waals surface area contributed by atoms with Gasteiger partial charge in [0.15, 0.2) is 5.79 Å². The highest BCUT2D eigenvalue weighted by Gasteiger charge is 2.33. The topological polar surface area (TPSA) is 101 Å². The molecule has 1 fully saturated rings. The van der Waals surface area contributed by atoms with Gasteiger partial charge in [-0.05, 0) is 62.9 Å². The van der Waals surface area contributed by atoms with E-state index in [0.29, 0.717) is 26.2 Å². The molecule has 2 heterocycles. The van der Waals surface area contributed by atoms with Crippen LogP contribution in [-0.4, -0.2) is 51.4 Å². The zero-order valence-corrected chi connectivity index (χ0v) is 24.1. The summed E-state index contributed by atoms with van der Waals surface area (Å²) in [7, 11) is 0. The average molecular weight is 568 g/mol. The van der Waals surface area contributed by atoms with Crippen LogP contribution in [-0.2, 0) is 27.4 Å². The van der Waals surface area contributed by atoms with Crippen molar-refractivity contribution in [3.63, 3.8) is 0 Å². The Hall–Kier alpha value is -3.46. The number of carbonyl (C=O) groups excluding carboxylic acids is 2. The second-order valence-corrected chi connectivity index (χ2v) is 10.5. The van der Waals surface area contributed by atoms with Crippen molar-refractivity contribution < 1.29 is 19.4 Å². The number of likely N-dealkylation sites (tertiary alicyclic amines) is 1. The van der Waals surface area contributed by atoms with E-state index in [9.17, 15) is 19.5 Å². The van der Waals surface area contributed by atoms with Crippen LogP contribution in [0.3, 0.4) is 0 Å². The van der Waals surface area contributed by atoms with Gasteiger partial charge in [-0.15, -0.1) is 0 Å². The van der Waals surface area contributed by atoms with Gasteiger partial charge in [-0.3, -0.25) is 14.4 Å². The van der Waals surface area contributed by atoms with Crippen molar-refractivity contribution in [3.8, 4) is 11.3 Å². The molecule has 40 heavy (non-hydrogen) atoms. The van der Waals surface area contributed by atoms with E-state index in [0.717, 1.165) is 34.7 Å². The van der Waals surface area contributed by atoms with Gasteiger partial charge >= 0.3 is 0 Å². The third kappa shape index (κ3) is 9.62. The number of benzene rings is 2. The predicted molar refractivity (Wildman–Crippen MR) is 157 cm³/mol. The van der Waals surface area contributed by atoms with Gasteiger partial charge in [0.25, 0.3) is 11.5 Å². The maximum atomic E-state index is 12.8. The number of carbonyl (C=O) groups is 2. The summed E-state index contributed by atoms with van der Waals surface area (Å²) in [6.45, 7) is 6.98. The van der Waals surface area contributed by atoms with Crippen LogP contribution in [0.2, 0.25) is 5.02 Å². The number of aliphatic hydroxyl groups is 1. The third-order valence-corrected chi connectivity index (χ3v) is 6.59. The van der Waals surface area contributed by atoms with E-state index in [4.69, 9.17) is 16.3 Å². The van der Waals surface area contributed by atoms with Gasteiger partial charge in [0, 0.05) is 37.3 Å². The summed E-state index contributed by atoms with van der Waals surface area (Å²) >= 11 is 5.54. The summed E-state index contributed by atoms with van der Waals surface area (Å²) in [4.78, 5) is 39.1. The molecule has 1 unspecified atom stereocenters. The molecule has 0 saturated carbocycles. The van der Waals surface area contributed by atoms with Crippen molar-refractivity contribution in [3.05, 3.63) is 93.7 Å². The highest BCUT2D eigenvalue weighted by Crippen LogP contribution is 2.19. The van der Waals surface area contributed by atoms with E-state index in [1.807, 2.05) is 67.6 Å². The summed E-state index contributed by atoms with van der Waals surface area (Å²) < 4.78 is 7.21. The third-order valence-electron chi connectivity index (χ3n) is 6.33. The molecule has 2 N–H and O–H groups in total. The van der Waals surface area contributed by atoms with Crippen molar-refractivity contribution in [1.82, 2.24) is 14.8 Å². The molecule has 1 atom stereocenters. The summed E-state index contributed by atoms with van der Waals surface area (Å²) in [5.74, 6) is -2.12. The lowest BCUT2D eigenvalue weighted by atomic mass is 10.1. The summed E-state index contributed by atoms with van der Waals surface area (Å²) in [5.41, 5.74) is 2.60. The smallest absolute Gasteiger partial charge is 0.252 e. The van der Waals surface area contributed by atoms with Crippen LogP contribution in [0.25, 0.3) is 11.3 Å². The van der Waals surface area contributed by atoms with Crippen LogP contribution in [0.1, 0.15) is 45.6 Å². The maximum absolute atomic E-state index is 12.8. The molecule has 214 valence electrons. The molecule has 4 rings (SSSR count). The number of rotatable bonds is 9. The summed E-state index contributed by atoms with van der Waals surface area (Å²) in [6, 6.07) is 22.3. The first-order chi connectivity index (χ1) is 19.1. The summed E-state index contributed by atoms with van der Waals surface area (Å²) in [5, 5.41) is 13.6. The number of halogens is 1. The Labute approximate surface area is 240 Å². The molecule has 1 aliphatic rings. The fourth-order valence-corrected chi connectivity index (χ4v) is 4.56. The Morgan fingerprint density at radius 3 is 2.20 bits per heavy atom. The number of nitrogens with zero attached hydrogens (tertiary/aromatic N) is 2. The predicted octanol–water partition coefficient (Wildman–Crippen LogP) is 4.62. The first-order valence-corrected chi connectivity index (χ1v) is 13.9. The van der Waals surface area contributed by atoms with Gasteiger partial charge in [0.1, 0.15) is 6.10 Å². The van der Waals surface area contributed by atoms with Crippen molar-refractivity contribution in [1.29, 1.82) is 0 Å². The number of ether oxygens (including phenoxy) is 1. The van der Waals surface area contributed by atoms with Crippen LogP contribution >= 0.6 is 11.6 Å². The van der Waals surface area contributed by atoms with Crippen molar-refractivity contribution in [2.45, 2.75) is 65.0 Å². The van der Waals surface area contributed by atoms with Gasteiger partial charge in [0.2, 0.25) is 5.91 Å². The van der Waals surface area contributed by atoms with E-state index in [1.54, 1.807) is 21.6 Å². The highest BCUT2D eigenvalue weighted by atomic mass is 35.5. The highest BCUT2D eigenvalue weighted by molar-refractivity contribution is 6.30. The standard InChI is InChI=1S/C25H33N3O5.C6H5Cl/c1-4-28-20(8-7-9-23(28)30)19-12-10-18(11-13-19)17-26-22(29)16-21(33-25(2,3)32)24(31)27-14-5-6-15-27;7-6-4-2-1-3-5-6/h7-13,21,32H,4-6,14-17H2,1-3H3,(H,26,29);1-5H. The van der Waals surface area contributed by atoms with Gasteiger partial charge < -0.3 is 24.6 Å². The molecule has 3 aromatic rings. The Morgan fingerprint density at radius 2 is 1.65 bits per heavy atom. The monoisotopic (exact) mass is 567 g/mol. The maximum Gasteiger partial charge on any atom is 0.252 e. The van der Waals surface area contributed by atoms with Gasteiger partial charge in [-0.2, -0.15) is 0 Å². The Bertz CT molecular complexity index is 1300. The number of aromatic nitrogens is 1. The number of pyridine rings is 1. The number of amides is 2. The van der Waals surface area contributed by atoms with Gasteiger partial charge in [-0.25, -0.2) is 0 Å². The molecule has 0 spiro atoms. The zero-order chi connectivity index (χ0) is 29.1. The second kappa shape index (κ2) is 14.8. The molecular weight excluding hydrogens is 530 g/mol. The van der Waals surface area contributed by atoms with Crippen LogP contribution in [0.4, 0.5) is 0 Å². The number of hydrogen-bond acceptors (Lipinski definition) is 5. The molecular formula is C31H38ClN3O5. The minimum absolute atomic E-state index is 0.0438. The molecule has 1 aliphatic heterocycles. The molecule has 1 aromatic heterocycles. The van der Waals surface area contributed by atoms with Crippen molar-refractivity contribution in [2.24, 2.45) is 0 Å². The Morgan fingerprint density at radius 1 is 1.00 bits per heavy atom. The van der Waals surface area contributed by atoms with Crippen LogP contribution < -0.4 is 10.9 Å². The quantitative estimate of drug-likeness (QED) is 0.368. The lowest BCUT2D eigenvalue weighted by molar-refractivity contribution is -0.212. The van der Waals surface area contributed by atoms with E-state index in [2.05, 4.69) is 5.32 Å². The van der Waals surface area contributed by atoms with Crippen LogP contribution in [0.15, 0.2) is 77.6 Å². The molecule has 0 radical (unpaired) electrons. The molecule has 2 aromatic carbocycles. The molecule has 1 saturated heterocycles. The second-order valence-electron chi connectivity index (χ2n) is 10.1. The fourth-order valence-electron chi connectivity index (χ4n) is 4.42. The molecule has 2 amide bonds.